The molecule has 1 aliphatic rings. The van der Waals surface area contributed by atoms with Gasteiger partial charge >= 0.3 is 0 Å². The number of phenols is 1. The number of fused-ring (bicyclic) bond motifs is 2. The number of rotatable bonds is 5. The van der Waals surface area contributed by atoms with Crippen LogP contribution in [0.25, 0.3) is 11.3 Å². The lowest BCUT2D eigenvalue weighted by molar-refractivity contribution is 0.317. The van der Waals surface area contributed by atoms with E-state index in [2.05, 4.69) is 31.0 Å². The smallest absolute Gasteiger partial charge is 0.288 e. The molecule has 11 nitrogen and oxygen atoms in total. The summed E-state index contributed by atoms with van der Waals surface area (Å²) >= 11 is 0. The first-order valence-corrected chi connectivity index (χ1v) is 9.88. The maximum Gasteiger partial charge on any atom is 0.288 e. The van der Waals surface area contributed by atoms with Gasteiger partial charge in [-0.15, -0.1) is 0 Å². The highest BCUT2D eigenvalue weighted by Gasteiger charge is 2.34. The van der Waals surface area contributed by atoms with Crippen LogP contribution in [0.1, 0.15) is 24.1 Å². The van der Waals surface area contributed by atoms with E-state index < -0.39 is 11.6 Å². The molecular weight excluding hydrogens is 414 g/mol. The van der Waals surface area contributed by atoms with Crippen molar-refractivity contribution in [1.82, 2.24) is 30.4 Å². The number of nitrogens with one attached hydrogen (secondary N) is 2. The number of H-pyrrole nitrogens is 1. The van der Waals surface area contributed by atoms with Crippen molar-refractivity contribution in [3.05, 3.63) is 63.9 Å². The summed E-state index contributed by atoms with van der Waals surface area (Å²) in [6, 6.07) is 11.7. The number of hydrogen-bond acceptors (Lipinski definition) is 9. The van der Waals surface area contributed by atoms with Crippen LogP contribution in [0.2, 0.25) is 0 Å². The number of aromatic amines is 1. The zero-order valence-electron chi connectivity index (χ0n) is 17.2. The molecule has 0 radical (unpaired) electrons. The second-order valence-electron chi connectivity index (χ2n) is 7.05. The largest absolute Gasteiger partial charge is 0.504 e. The lowest BCUT2D eigenvalue weighted by atomic mass is 9.92. The standard InChI is InChI=1S/C21H19N7O4/c1-3-32-15-10-12(6-9-14(15)29)19-16-17(11-4-7-13(31-2)8-5-11)23-24-20(30)18(16)22-21-25-26-27-28(19)21/h4-10,19,29H,3H2,1-2H3,(H,24,30)(H,22,25,27)/t19-/m1/s1. The molecule has 3 N–H and O–H groups in total. The first-order valence-electron chi connectivity index (χ1n) is 9.88. The van der Waals surface area contributed by atoms with E-state index in [0.717, 1.165) is 5.56 Å². The van der Waals surface area contributed by atoms with Crippen molar-refractivity contribution in [1.29, 1.82) is 0 Å². The van der Waals surface area contributed by atoms with Gasteiger partial charge in [0.2, 0.25) is 5.95 Å². The van der Waals surface area contributed by atoms with Gasteiger partial charge in [-0.05, 0) is 59.3 Å². The first-order chi connectivity index (χ1) is 15.6. The van der Waals surface area contributed by atoms with Crippen molar-refractivity contribution in [2.75, 3.05) is 19.0 Å². The summed E-state index contributed by atoms with van der Waals surface area (Å²) in [7, 11) is 1.59. The minimum Gasteiger partial charge on any atom is -0.504 e. The quantitative estimate of drug-likeness (QED) is 0.380. The average molecular weight is 433 g/mol. The minimum atomic E-state index is -0.594. The maximum atomic E-state index is 12.7. The summed E-state index contributed by atoms with van der Waals surface area (Å²) in [5.41, 5.74) is 2.51. The molecule has 2 aromatic heterocycles. The predicted molar refractivity (Wildman–Crippen MR) is 114 cm³/mol. The Bertz CT molecular complexity index is 1350. The Labute approximate surface area is 181 Å². The SMILES string of the molecule is CCOc1cc([C@@H]2c3c(-c4ccc(OC)cc4)n[nH]c(=O)c3Nc3nnnn32)ccc1O. The highest BCUT2D eigenvalue weighted by atomic mass is 16.5. The number of aromatic nitrogens is 6. The summed E-state index contributed by atoms with van der Waals surface area (Å²) in [6.07, 6.45) is 0. The molecule has 0 saturated carbocycles. The monoisotopic (exact) mass is 433 g/mol. The van der Waals surface area contributed by atoms with Crippen LogP contribution >= 0.6 is 0 Å². The molecule has 4 aromatic rings. The first kappa shape index (κ1) is 19.5. The van der Waals surface area contributed by atoms with Gasteiger partial charge < -0.3 is 19.9 Å². The number of methoxy groups -OCH3 is 1. The van der Waals surface area contributed by atoms with E-state index in [4.69, 9.17) is 9.47 Å². The number of nitrogens with zero attached hydrogens (tertiary/aromatic N) is 5. The number of ether oxygens (including phenoxy) is 2. The second kappa shape index (κ2) is 7.69. The van der Waals surface area contributed by atoms with E-state index in [9.17, 15) is 9.90 Å². The van der Waals surface area contributed by atoms with E-state index in [1.54, 1.807) is 30.0 Å². The number of hydrogen-bond donors (Lipinski definition) is 3. The normalized spacial score (nSPS) is 14.2. The Morgan fingerprint density at radius 2 is 2.00 bits per heavy atom. The molecule has 3 heterocycles. The topological polar surface area (TPSA) is 140 Å². The molecule has 2 aromatic carbocycles. The minimum absolute atomic E-state index is 0.0149. The van der Waals surface area contributed by atoms with Gasteiger partial charge in [0, 0.05) is 11.1 Å². The third kappa shape index (κ3) is 3.11. The zero-order chi connectivity index (χ0) is 22.2. The Kier molecular flexibility index (Phi) is 4.70. The van der Waals surface area contributed by atoms with Crippen molar-refractivity contribution < 1.29 is 14.6 Å². The molecule has 1 aliphatic heterocycles. The third-order valence-corrected chi connectivity index (χ3v) is 5.23. The summed E-state index contributed by atoms with van der Waals surface area (Å²) in [5, 5.41) is 32.0. The molecule has 5 rings (SSSR count). The molecule has 0 spiro atoms. The third-order valence-electron chi connectivity index (χ3n) is 5.23. The Morgan fingerprint density at radius 3 is 2.75 bits per heavy atom. The van der Waals surface area contributed by atoms with Crippen LogP contribution < -0.4 is 20.3 Å². The fourth-order valence-electron chi connectivity index (χ4n) is 3.79. The van der Waals surface area contributed by atoms with Crippen LogP contribution in [-0.4, -0.2) is 49.2 Å². The molecule has 0 amide bonds. The van der Waals surface area contributed by atoms with E-state index in [-0.39, 0.29) is 5.75 Å². The zero-order valence-corrected chi connectivity index (χ0v) is 17.2. The van der Waals surface area contributed by atoms with E-state index in [1.165, 1.54) is 0 Å². The van der Waals surface area contributed by atoms with E-state index >= 15 is 0 Å². The molecule has 162 valence electrons. The number of anilines is 2. The van der Waals surface area contributed by atoms with Crippen molar-refractivity contribution in [3.8, 4) is 28.5 Å². The second-order valence-corrected chi connectivity index (χ2v) is 7.05. The van der Waals surface area contributed by atoms with Gasteiger partial charge in [0.25, 0.3) is 5.56 Å². The molecule has 0 aliphatic carbocycles. The lowest BCUT2D eigenvalue weighted by Gasteiger charge is -2.28. The molecule has 11 heteroatoms. The van der Waals surface area contributed by atoms with E-state index in [1.807, 2.05) is 31.2 Å². The fraction of sp³-hybridized carbons (Fsp3) is 0.190. The summed E-state index contributed by atoms with van der Waals surface area (Å²) < 4.78 is 12.4. The van der Waals surface area contributed by atoms with Gasteiger partial charge in [0.15, 0.2) is 11.5 Å². The molecule has 0 fully saturated rings. The Hall–Kier alpha value is -4.41. The van der Waals surface area contributed by atoms with Crippen molar-refractivity contribution in [2.45, 2.75) is 13.0 Å². The average Bonchev–Trinajstić information content (AvgIpc) is 3.28. The number of phenolic OH excluding ortho intramolecular Hbond substituents is 1. The van der Waals surface area contributed by atoms with Crippen molar-refractivity contribution in [2.24, 2.45) is 0 Å². The molecule has 0 unspecified atom stereocenters. The lowest BCUT2D eigenvalue weighted by Crippen LogP contribution is -2.29. The van der Waals surface area contributed by atoms with Crippen LogP contribution in [0.3, 0.4) is 0 Å². The van der Waals surface area contributed by atoms with Crippen molar-refractivity contribution >= 4 is 11.6 Å². The van der Waals surface area contributed by atoms with Gasteiger partial charge in [-0.3, -0.25) is 4.79 Å². The molecule has 0 bridgehead atoms. The van der Waals surface area contributed by atoms with Crippen LogP contribution in [0.15, 0.2) is 47.3 Å². The van der Waals surface area contributed by atoms with Gasteiger partial charge in [0.1, 0.15) is 17.5 Å². The Morgan fingerprint density at radius 1 is 1.19 bits per heavy atom. The highest BCUT2D eigenvalue weighted by molar-refractivity contribution is 5.75. The van der Waals surface area contributed by atoms with E-state index in [0.29, 0.717) is 46.6 Å². The predicted octanol–water partition coefficient (Wildman–Crippen LogP) is 2.23. The van der Waals surface area contributed by atoms with Crippen LogP contribution in [0.4, 0.5) is 11.6 Å². The molecule has 0 saturated heterocycles. The van der Waals surface area contributed by atoms with Gasteiger partial charge in [-0.2, -0.15) is 9.78 Å². The molecule has 1 atom stereocenters. The highest BCUT2D eigenvalue weighted by Crippen LogP contribution is 2.42. The number of aromatic hydroxyl groups is 1. The number of tetrazole rings is 1. The van der Waals surface area contributed by atoms with Gasteiger partial charge in [-0.25, -0.2) is 5.10 Å². The van der Waals surface area contributed by atoms with Crippen LogP contribution in [0, 0.1) is 0 Å². The summed E-state index contributed by atoms with van der Waals surface area (Å²) in [5.74, 6) is 1.35. The molecule has 32 heavy (non-hydrogen) atoms. The summed E-state index contributed by atoms with van der Waals surface area (Å²) in [6.45, 7) is 2.21. The Balaban J connectivity index is 1.76. The van der Waals surface area contributed by atoms with Gasteiger partial charge in [-0.1, -0.05) is 11.2 Å². The fourth-order valence-corrected chi connectivity index (χ4v) is 3.79. The maximum absolute atomic E-state index is 12.7. The van der Waals surface area contributed by atoms with Crippen LogP contribution in [-0.2, 0) is 0 Å². The van der Waals surface area contributed by atoms with Crippen molar-refractivity contribution in [3.63, 3.8) is 0 Å². The number of benzene rings is 2. The molecular formula is C21H19N7O4. The van der Waals surface area contributed by atoms with Gasteiger partial charge in [0.05, 0.1) is 19.4 Å². The summed E-state index contributed by atoms with van der Waals surface area (Å²) in [4.78, 5) is 12.7. The van der Waals surface area contributed by atoms with Crippen LogP contribution in [0.5, 0.6) is 17.2 Å².